The van der Waals surface area contributed by atoms with Gasteiger partial charge in [-0.05, 0) is 6.07 Å². The van der Waals surface area contributed by atoms with Crippen LogP contribution < -0.4 is 11.1 Å². The van der Waals surface area contributed by atoms with Crippen molar-refractivity contribution in [1.82, 2.24) is 9.97 Å². The van der Waals surface area contributed by atoms with E-state index in [-0.39, 0.29) is 5.95 Å². The van der Waals surface area contributed by atoms with Gasteiger partial charge in [0.25, 0.3) is 0 Å². The third-order valence-corrected chi connectivity index (χ3v) is 2.61. The van der Waals surface area contributed by atoms with Crippen molar-refractivity contribution in [2.45, 2.75) is 6.61 Å². The number of anilines is 3. The van der Waals surface area contributed by atoms with Crippen molar-refractivity contribution in [3.8, 4) is 0 Å². The number of ether oxygens (including phenoxy) is 1. The normalized spacial score (nSPS) is 10.3. The van der Waals surface area contributed by atoms with Gasteiger partial charge in [0.05, 0.1) is 12.8 Å². The predicted octanol–water partition coefficient (Wildman–Crippen LogP) is 2.60. The summed E-state index contributed by atoms with van der Waals surface area (Å²) in [7, 11) is 1.65. The molecule has 0 amide bonds. The summed E-state index contributed by atoms with van der Waals surface area (Å²) >= 11 is 6.00. The third-order valence-electron chi connectivity index (χ3n) is 2.33. The smallest absolute Gasteiger partial charge is 0.222 e. The Kier molecular flexibility index (Phi) is 3.96. The summed E-state index contributed by atoms with van der Waals surface area (Å²) in [5.41, 5.74) is 7.41. The molecule has 1 heterocycles. The van der Waals surface area contributed by atoms with Crippen molar-refractivity contribution in [2.75, 3.05) is 18.2 Å². The fourth-order valence-corrected chi connectivity index (χ4v) is 1.66. The first-order chi connectivity index (χ1) is 8.70. The molecule has 0 aliphatic carbocycles. The molecule has 0 spiro atoms. The van der Waals surface area contributed by atoms with Crippen LogP contribution in [0.4, 0.5) is 17.5 Å². The van der Waals surface area contributed by atoms with Gasteiger partial charge >= 0.3 is 0 Å². The Morgan fingerprint density at radius 2 is 2.17 bits per heavy atom. The molecule has 0 bridgehead atoms. The molecule has 0 saturated carbocycles. The Morgan fingerprint density at radius 1 is 1.39 bits per heavy atom. The van der Waals surface area contributed by atoms with E-state index in [2.05, 4.69) is 15.3 Å². The van der Waals surface area contributed by atoms with E-state index < -0.39 is 0 Å². The van der Waals surface area contributed by atoms with Crippen LogP contribution in [0.25, 0.3) is 0 Å². The van der Waals surface area contributed by atoms with E-state index in [1.165, 1.54) is 6.20 Å². The van der Waals surface area contributed by atoms with Crippen molar-refractivity contribution in [1.29, 1.82) is 0 Å². The minimum absolute atomic E-state index is 0.172. The molecule has 18 heavy (non-hydrogen) atoms. The highest BCUT2D eigenvalue weighted by atomic mass is 35.5. The number of benzene rings is 1. The van der Waals surface area contributed by atoms with Gasteiger partial charge in [-0.1, -0.05) is 29.8 Å². The Balaban J connectivity index is 2.30. The lowest BCUT2D eigenvalue weighted by Crippen LogP contribution is -2.02. The molecule has 1 aromatic carbocycles. The molecular weight excluding hydrogens is 252 g/mol. The molecule has 6 heteroatoms. The second-order valence-electron chi connectivity index (χ2n) is 3.64. The van der Waals surface area contributed by atoms with Gasteiger partial charge in [0.15, 0.2) is 5.82 Å². The molecule has 0 aliphatic rings. The number of para-hydroxylation sites is 1. The number of aromatic nitrogens is 2. The highest BCUT2D eigenvalue weighted by Crippen LogP contribution is 2.25. The third kappa shape index (κ3) is 2.88. The molecule has 0 radical (unpaired) electrons. The number of halogens is 1. The first-order valence-electron chi connectivity index (χ1n) is 5.32. The standard InChI is InChI=1S/C12H13ClN4O/c1-18-7-8-4-2-3-5-10(8)16-11-9(13)6-15-12(14)17-11/h2-6H,7H2,1H3,(H3,14,15,16,17). The van der Waals surface area contributed by atoms with Crippen LogP contribution in [0.15, 0.2) is 30.5 Å². The Hall–Kier alpha value is -1.85. The summed E-state index contributed by atoms with van der Waals surface area (Å²) in [5.74, 6) is 0.652. The van der Waals surface area contributed by atoms with Gasteiger partial charge in [-0.2, -0.15) is 4.98 Å². The minimum atomic E-state index is 0.172. The minimum Gasteiger partial charge on any atom is -0.380 e. The highest BCUT2D eigenvalue weighted by Gasteiger charge is 2.07. The second-order valence-corrected chi connectivity index (χ2v) is 4.05. The average Bonchev–Trinajstić information content (AvgIpc) is 2.36. The Morgan fingerprint density at radius 3 is 2.94 bits per heavy atom. The summed E-state index contributed by atoms with van der Waals surface area (Å²) < 4.78 is 5.13. The Bertz CT molecular complexity index is 547. The van der Waals surface area contributed by atoms with Gasteiger partial charge in [-0.25, -0.2) is 4.98 Å². The molecule has 5 nitrogen and oxygen atoms in total. The molecule has 3 N–H and O–H groups in total. The number of nitrogens with zero attached hydrogens (tertiary/aromatic N) is 2. The predicted molar refractivity (Wildman–Crippen MR) is 71.9 cm³/mol. The monoisotopic (exact) mass is 264 g/mol. The first kappa shape index (κ1) is 12.6. The first-order valence-corrected chi connectivity index (χ1v) is 5.70. The summed E-state index contributed by atoms with van der Waals surface area (Å²) in [6, 6.07) is 7.74. The lowest BCUT2D eigenvalue weighted by atomic mass is 10.2. The summed E-state index contributed by atoms with van der Waals surface area (Å²) in [6.07, 6.45) is 1.46. The zero-order chi connectivity index (χ0) is 13.0. The van der Waals surface area contributed by atoms with E-state index in [1.54, 1.807) is 7.11 Å². The van der Waals surface area contributed by atoms with Crippen LogP contribution in [0, 0.1) is 0 Å². The maximum absolute atomic E-state index is 6.00. The SMILES string of the molecule is COCc1ccccc1Nc1nc(N)ncc1Cl. The zero-order valence-electron chi connectivity index (χ0n) is 9.85. The topological polar surface area (TPSA) is 73.1 Å². The molecule has 94 valence electrons. The number of rotatable bonds is 4. The lowest BCUT2D eigenvalue weighted by Gasteiger charge is -2.11. The summed E-state index contributed by atoms with van der Waals surface area (Å²) in [4.78, 5) is 7.86. The van der Waals surface area contributed by atoms with E-state index in [4.69, 9.17) is 22.1 Å². The van der Waals surface area contributed by atoms with Crippen molar-refractivity contribution < 1.29 is 4.74 Å². The second kappa shape index (κ2) is 5.66. The number of hydrogen-bond donors (Lipinski definition) is 2. The van der Waals surface area contributed by atoms with E-state index in [0.717, 1.165) is 11.3 Å². The van der Waals surface area contributed by atoms with Gasteiger partial charge in [0.1, 0.15) is 5.02 Å². The van der Waals surface area contributed by atoms with Gasteiger partial charge in [-0.3, -0.25) is 0 Å². The highest BCUT2D eigenvalue weighted by molar-refractivity contribution is 6.32. The van der Waals surface area contributed by atoms with Crippen LogP contribution in [-0.4, -0.2) is 17.1 Å². The molecule has 0 saturated heterocycles. The van der Waals surface area contributed by atoms with Gasteiger partial charge in [0.2, 0.25) is 5.95 Å². The van der Waals surface area contributed by atoms with Gasteiger partial charge in [0, 0.05) is 18.4 Å². The number of methoxy groups -OCH3 is 1. The summed E-state index contributed by atoms with van der Waals surface area (Å²) in [6.45, 7) is 0.501. The molecule has 0 atom stereocenters. The van der Waals surface area contributed by atoms with E-state index in [1.807, 2.05) is 24.3 Å². The molecule has 0 aliphatic heterocycles. The van der Waals surface area contributed by atoms with Crippen LogP contribution in [0.1, 0.15) is 5.56 Å². The quantitative estimate of drug-likeness (QED) is 0.888. The van der Waals surface area contributed by atoms with Crippen LogP contribution >= 0.6 is 11.6 Å². The van der Waals surface area contributed by atoms with Crippen LogP contribution in [0.3, 0.4) is 0 Å². The number of hydrogen-bond acceptors (Lipinski definition) is 5. The number of nitrogens with two attached hydrogens (primary N) is 1. The molecule has 0 fully saturated rings. The lowest BCUT2D eigenvalue weighted by molar-refractivity contribution is 0.185. The fourth-order valence-electron chi connectivity index (χ4n) is 1.52. The van der Waals surface area contributed by atoms with Crippen molar-refractivity contribution >= 4 is 29.1 Å². The van der Waals surface area contributed by atoms with Gasteiger partial charge in [-0.15, -0.1) is 0 Å². The maximum Gasteiger partial charge on any atom is 0.222 e. The number of nitrogen functional groups attached to an aromatic ring is 1. The Labute approximate surface area is 110 Å². The molecular formula is C12H13ClN4O. The molecule has 2 aromatic rings. The van der Waals surface area contributed by atoms with E-state index in [9.17, 15) is 0 Å². The average molecular weight is 265 g/mol. The molecule has 1 aromatic heterocycles. The van der Waals surface area contributed by atoms with Crippen LogP contribution in [-0.2, 0) is 11.3 Å². The van der Waals surface area contributed by atoms with Gasteiger partial charge < -0.3 is 15.8 Å². The van der Waals surface area contributed by atoms with Crippen LogP contribution in [0.2, 0.25) is 5.02 Å². The van der Waals surface area contributed by atoms with Crippen LogP contribution in [0.5, 0.6) is 0 Å². The molecule has 2 rings (SSSR count). The largest absolute Gasteiger partial charge is 0.380 e. The van der Waals surface area contributed by atoms with E-state index >= 15 is 0 Å². The maximum atomic E-state index is 6.00. The fraction of sp³-hybridized carbons (Fsp3) is 0.167. The van der Waals surface area contributed by atoms with E-state index in [0.29, 0.717) is 17.4 Å². The zero-order valence-corrected chi connectivity index (χ0v) is 10.6. The van der Waals surface area contributed by atoms with Crippen molar-refractivity contribution in [3.05, 3.63) is 41.0 Å². The van der Waals surface area contributed by atoms with Crippen molar-refractivity contribution in [2.24, 2.45) is 0 Å². The summed E-state index contributed by atoms with van der Waals surface area (Å²) in [5, 5.41) is 3.54. The molecule has 0 unspecified atom stereocenters. The number of nitrogens with one attached hydrogen (secondary N) is 1. The van der Waals surface area contributed by atoms with Crippen molar-refractivity contribution in [3.63, 3.8) is 0 Å².